The SMILES string of the molecule is O=C(O)[C@@H]1CCCN1C(=O)c1cc(Cl)cc(Cl)c1I. The molecule has 1 heterocycles. The van der Waals surface area contributed by atoms with Crippen LogP contribution in [0.5, 0.6) is 0 Å². The van der Waals surface area contributed by atoms with Crippen LogP contribution in [0, 0.1) is 3.57 Å². The number of likely N-dealkylation sites (tertiary alicyclic amines) is 1. The van der Waals surface area contributed by atoms with Crippen molar-refractivity contribution in [3.63, 3.8) is 0 Å². The van der Waals surface area contributed by atoms with E-state index >= 15 is 0 Å². The number of hydrogen-bond acceptors (Lipinski definition) is 2. The third-order valence-corrected chi connectivity index (χ3v) is 5.02. The number of aliphatic carboxylic acids is 1. The van der Waals surface area contributed by atoms with Crippen LogP contribution < -0.4 is 0 Å². The topological polar surface area (TPSA) is 57.6 Å². The van der Waals surface area contributed by atoms with Gasteiger partial charge in [-0.25, -0.2) is 4.79 Å². The normalized spacial score (nSPS) is 18.7. The summed E-state index contributed by atoms with van der Waals surface area (Å²) in [5.74, 6) is -1.31. The van der Waals surface area contributed by atoms with Crippen molar-refractivity contribution in [3.05, 3.63) is 31.3 Å². The maximum atomic E-state index is 12.4. The molecule has 1 aliphatic rings. The molecule has 2 rings (SSSR count). The van der Waals surface area contributed by atoms with Crippen LogP contribution >= 0.6 is 45.8 Å². The highest BCUT2D eigenvalue weighted by Crippen LogP contribution is 2.29. The van der Waals surface area contributed by atoms with Crippen molar-refractivity contribution in [2.24, 2.45) is 0 Å². The van der Waals surface area contributed by atoms with Gasteiger partial charge in [0.1, 0.15) is 6.04 Å². The van der Waals surface area contributed by atoms with Crippen molar-refractivity contribution < 1.29 is 14.7 Å². The quantitative estimate of drug-likeness (QED) is 0.597. The van der Waals surface area contributed by atoms with Crippen LogP contribution in [-0.2, 0) is 4.79 Å². The van der Waals surface area contributed by atoms with Gasteiger partial charge in [-0.2, -0.15) is 0 Å². The molecule has 0 bridgehead atoms. The largest absolute Gasteiger partial charge is 0.480 e. The Morgan fingerprint density at radius 2 is 2.05 bits per heavy atom. The first-order chi connectivity index (χ1) is 8.91. The number of benzene rings is 1. The van der Waals surface area contributed by atoms with Crippen molar-refractivity contribution in [3.8, 4) is 0 Å². The zero-order valence-corrected chi connectivity index (χ0v) is 13.4. The van der Waals surface area contributed by atoms with Crippen molar-refractivity contribution in [1.29, 1.82) is 0 Å². The van der Waals surface area contributed by atoms with Gasteiger partial charge in [0.25, 0.3) is 5.91 Å². The molecule has 0 radical (unpaired) electrons. The lowest BCUT2D eigenvalue weighted by Crippen LogP contribution is -2.40. The molecule has 0 saturated carbocycles. The van der Waals surface area contributed by atoms with Gasteiger partial charge in [-0.1, -0.05) is 23.2 Å². The Hall–Kier alpha value is -0.530. The molecule has 1 N–H and O–H groups in total. The van der Waals surface area contributed by atoms with Crippen LogP contribution in [0.1, 0.15) is 23.2 Å². The zero-order valence-electron chi connectivity index (χ0n) is 9.70. The molecular weight excluding hydrogens is 404 g/mol. The Labute approximate surface area is 133 Å². The summed E-state index contributed by atoms with van der Waals surface area (Å²) in [6.07, 6.45) is 1.17. The highest BCUT2D eigenvalue weighted by Gasteiger charge is 2.35. The summed E-state index contributed by atoms with van der Waals surface area (Å²) in [5, 5.41) is 9.86. The van der Waals surface area contributed by atoms with E-state index in [4.69, 9.17) is 28.3 Å². The number of halogens is 3. The number of carbonyl (C=O) groups excluding carboxylic acids is 1. The summed E-state index contributed by atoms with van der Waals surface area (Å²) in [6, 6.07) is 2.32. The van der Waals surface area contributed by atoms with Crippen molar-refractivity contribution in [2.45, 2.75) is 18.9 Å². The standard InChI is InChI=1S/C12H10Cl2INO3/c13-6-4-7(10(15)8(14)5-6)11(17)16-3-1-2-9(16)12(18)19/h4-5,9H,1-3H2,(H,18,19)/t9-/m0/s1. The molecule has 1 amide bonds. The van der Waals surface area contributed by atoms with Gasteiger partial charge >= 0.3 is 5.97 Å². The van der Waals surface area contributed by atoms with Gasteiger partial charge in [-0.15, -0.1) is 0 Å². The summed E-state index contributed by atoms with van der Waals surface area (Å²) in [7, 11) is 0. The molecule has 7 heteroatoms. The highest BCUT2D eigenvalue weighted by atomic mass is 127. The minimum absolute atomic E-state index is 0.335. The van der Waals surface area contributed by atoms with Gasteiger partial charge in [0.2, 0.25) is 0 Å². The summed E-state index contributed by atoms with van der Waals surface area (Å²) in [5.41, 5.74) is 0.353. The lowest BCUT2D eigenvalue weighted by atomic mass is 10.1. The van der Waals surface area contributed by atoms with Gasteiger partial charge in [-0.05, 0) is 47.6 Å². The molecule has 4 nitrogen and oxygen atoms in total. The van der Waals surface area contributed by atoms with Gasteiger partial charge < -0.3 is 10.0 Å². The summed E-state index contributed by atoms with van der Waals surface area (Å²) in [4.78, 5) is 24.9. The molecule has 1 aromatic rings. The molecule has 1 aliphatic heterocycles. The molecule has 1 atom stereocenters. The fourth-order valence-electron chi connectivity index (χ4n) is 2.13. The number of rotatable bonds is 2. The summed E-state index contributed by atoms with van der Waals surface area (Å²) < 4.78 is 0.588. The monoisotopic (exact) mass is 413 g/mol. The van der Waals surface area contributed by atoms with Crippen molar-refractivity contribution >= 4 is 57.7 Å². The van der Waals surface area contributed by atoms with E-state index in [2.05, 4.69) is 0 Å². The van der Waals surface area contributed by atoms with E-state index < -0.39 is 12.0 Å². The van der Waals surface area contributed by atoms with E-state index in [1.807, 2.05) is 22.6 Å². The molecule has 1 saturated heterocycles. The predicted molar refractivity (Wildman–Crippen MR) is 80.9 cm³/mol. The van der Waals surface area contributed by atoms with Crippen LogP contribution in [0.3, 0.4) is 0 Å². The first-order valence-electron chi connectivity index (χ1n) is 5.60. The van der Waals surface area contributed by atoms with Crippen molar-refractivity contribution in [2.75, 3.05) is 6.54 Å². The summed E-state index contributed by atoms with van der Waals surface area (Å²) >= 11 is 13.8. The van der Waals surface area contributed by atoms with Gasteiger partial charge in [0, 0.05) is 15.1 Å². The van der Waals surface area contributed by atoms with E-state index in [-0.39, 0.29) is 5.91 Å². The lowest BCUT2D eigenvalue weighted by molar-refractivity contribution is -0.141. The Bertz CT molecular complexity index is 550. The second kappa shape index (κ2) is 5.85. The molecule has 0 aromatic heterocycles. The number of carboxylic acid groups (broad SMARTS) is 1. The number of amides is 1. The van der Waals surface area contributed by atoms with Crippen LogP contribution in [0.25, 0.3) is 0 Å². The van der Waals surface area contributed by atoms with E-state index in [0.29, 0.717) is 38.6 Å². The second-order valence-electron chi connectivity index (χ2n) is 4.24. The number of carboxylic acids is 1. The predicted octanol–water partition coefficient (Wildman–Crippen LogP) is 3.29. The maximum absolute atomic E-state index is 12.4. The van der Waals surface area contributed by atoms with Crippen LogP contribution in [0.2, 0.25) is 10.0 Å². The molecule has 102 valence electrons. The summed E-state index contributed by atoms with van der Waals surface area (Å²) in [6.45, 7) is 0.440. The van der Waals surface area contributed by atoms with E-state index in [1.54, 1.807) is 6.07 Å². The Balaban J connectivity index is 2.37. The van der Waals surface area contributed by atoms with E-state index in [0.717, 1.165) is 0 Å². The third-order valence-electron chi connectivity index (χ3n) is 3.02. The fraction of sp³-hybridized carbons (Fsp3) is 0.333. The van der Waals surface area contributed by atoms with E-state index in [9.17, 15) is 9.59 Å². The minimum Gasteiger partial charge on any atom is -0.480 e. The molecule has 1 aromatic carbocycles. The first-order valence-corrected chi connectivity index (χ1v) is 7.43. The smallest absolute Gasteiger partial charge is 0.326 e. The molecule has 1 fully saturated rings. The maximum Gasteiger partial charge on any atom is 0.326 e. The molecule has 0 unspecified atom stereocenters. The number of hydrogen-bond donors (Lipinski definition) is 1. The Kier molecular flexibility index (Phi) is 4.58. The lowest BCUT2D eigenvalue weighted by Gasteiger charge is -2.22. The van der Waals surface area contributed by atoms with E-state index in [1.165, 1.54) is 11.0 Å². The Morgan fingerprint density at radius 1 is 1.37 bits per heavy atom. The second-order valence-corrected chi connectivity index (χ2v) is 6.17. The number of nitrogens with zero attached hydrogens (tertiary/aromatic N) is 1. The molecule has 19 heavy (non-hydrogen) atoms. The van der Waals surface area contributed by atoms with Gasteiger partial charge in [-0.3, -0.25) is 4.79 Å². The fourth-order valence-corrected chi connectivity index (χ4v) is 3.17. The highest BCUT2D eigenvalue weighted by molar-refractivity contribution is 14.1. The average Bonchev–Trinajstić information content (AvgIpc) is 2.82. The van der Waals surface area contributed by atoms with Crippen LogP contribution in [0.4, 0.5) is 0 Å². The zero-order chi connectivity index (χ0) is 14.2. The van der Waals surface area contributed by atoms with Crippen LogP contribution in [-0.4, -0.2) is 34.5 Å². The van der Waals surface area contributed by atoms with Gasteiger partial charge in [0.05, 0.1) is 10.6 Å². The minimum atomic E-state index is -0.978. The van der Waals surface area contributed by atoms with Gasteiger partial charge in [0.15, 0.2) is 0 Å². The Morgan fingerprint density at radius 3 is 2.68 bits per heavy atom. The first kappa shape index (κ1) is 14.9. The van der Waals surface area contributed by atoms with Crippen molar-refractivity contribution in [1.82, 2.24) is 4.90 Å². The molecule has 0 aliphatic carbocycles. The molecular formula is C12H10Cl2INO3. The molecule has 0 spiro atoms. The van der Waals surface area contributed by atoms with Crippen LogP contribution in [0.15, 0.2) is 12.1 Å². The third kappa shape index (κ3) is 2.98. The average molecular weight is 414 g/mol. The number of carbonyl (C=O) groups is 2.